The van der Waals surface area contributed by atoms with E-state index in [9.17, 15) is 28.8 Å². The number of ether oxygens (including phenoxy) is 6. The third kappa shape index (κ3) is 35.2. The van der Waals surface area contributed by atoms with Crippen LogP contribution in [0.3, 0.4) is 0 Å². The molecular formula is C51H81N5O12. The fraction of sp³-hybridized carbons (Fsp3) is 0.647. The van der Waals surface area contributed by atoms with Gasteiger partial charge < -0.3 is 55.4 Å². The van der Waals surface area contributed by atoms with Crippen molar-refractivity contribution in [2.75, 3.05) is 79.0 Å². The van der Waals surface area contributed by atoms with Crippen molar-refractivity contribution in [3.8, 4) is 0 Å². The summed E-state index contributed by atoms with van der Waals surface area (Å²) in [6.45, 7) is 2.93. The highest BCUT2D eigenvalue weighted by Gasteiger charge is 2.23. The zero-order valence-electron chi connectivity index (χ0n) is 40.5. The van der Waals surface area contributed by atoms with Crippen LogP contribution >= 0.6 is 0 Å². The molecule has 0 radical (unpaired) electrons. The highest BCUT2D eigenvalue weighted by Crippen LogP contribution is 2.15. The van der Waals surface area contributed by atoms with Crippen molar-refractivity contribution >= 4 is 35.6 Å². The topological polar surface area (TPSA) is 232 Å². The lowest BCUT2D eigenvalue weighted by atomic mass is 10.0. The number of unbranched alkanes of at least 4 members (excludes halogenated alkanes) is 13. The number of hydrogen-bond acceptors (Lipinski definition) is 13. The van der Waals surface area contributed by atoms with Gasteiger partial charge in [-0.25, -0.2) is 4.79 Å². The molecule has 17 nitrogen and oxygen atoms in total. The van der Waals surface area contributed by atoms with Crippen LogP contribution in [0, 0.1) is 0 Å². The maximum Gasteiger partial charge on any atom is 0.328 e. The van der Waals surface area contributed by atoms with E-state index in [0.717, 1.165) is 56.1 Å². The van der Waals surface area contributed by atoms with Gasteiger partial charge >= 0.3 is 11.9 Å². The van der Waals surface area contributed by atoms with Gasteiger partial charge in [-0.05, 0) is 30.4 Å². The molecule has 0 fully saturated rings. The molecule has 4 amide bonds. The molecule has 0 saturated carbocycles. The van der Waals surface area contributed by atoms with E-state index in [-0.39, 0.29) is 108 Å². The van der Waals surface area contributed by atoms with Gasteiger partial charge in [0, 0.05) is 45.4 Å². The average molecular weight is 956 g/mol. The molecular weight excluding hydrogens is 875 g/mol. The average Bonchev–Trinajstić information content (AvgIpc) is 3.35. The zero-order valence-corrected chi connectivity index (χ0v) is 40.5. The van der Waals surface area contributed by atoms with Crippen LogP contribution in [0.4, 0.5) is 0 Å². The summed E-state index contributed by atoms with van der Waals surface area (Å²) in [5.74, 6) is -1.78. The Kier molecular flexibility index (Phi) is 36.7. The lowest BCUT2D eigenvalue weighted by molar-refractivity contribution is -0.149. The second-order valence-electron chi connectivity index (χ2n) is 16.5. The number of hydrogen-bond donors (Lipinski definition) is 5. The summed E-state index contributed by atoms with van der Waals surface area (Å²) < 4.78 is 32.2. The Morgan fingerprint density at radius 3 is 1.37 bits per heavy atom. The second-order valence-corrected chi connectivity index (χ2v) is 16.5. The molecule has 0 aliphatic heterocycles. The van der Waals surface area contributed by atoms with E-state index in [1.165, 1.54) is 44.9 Å². The molecule has 0 aliphatic carbocycles. The number of benzene rings is 2. The number of rotatable bonds is 44. The Morgan fingerprint density at radius 1 is 0.441 bits per heavy atom. The van der Waals surface area contributed by atoms with Gasteiger partial charge in [-0.2, -0.15) is 0 Å². The van der Waals surface area contributed by atoms with Crippen molar-refractivity contribution in [3.05, 3.63) is 71.8 Å². The molecule has 382 valence electrons. The van der Waals surface area contributed by atoms with Gasteiger partial charge in [-0.1, -0.05) is 138 Å². The summed E-state index contributed by atoms with van der Waals surface area (Å²) in [7, 11) is 0. The molecule has 68 heavy (non-hydrogen) atoms. The Labute approximate surface area is 404 Å². The quantitative estimate of drug-likeness (QED) is 0.0417. The second kappa shape index (κ2) is 42.2. The number of amides is 4. The lowest BCUT2D eigenvalue weighted by Gasteiger charge is -2.18. The fourth-order valence-corrected chi connectivity index (χ4v) is 6.80. The lowest BCUT2D eigenvalue weighted by Crippen LogP contribution is -2.42. The minimum atomic E-state index is -0.955. The van der Waals surface area contributed by atoms with E-state index >= 15 is 0 Å². The van der Waals surface area contributed by atoms with Gasteiger partial charge in [-0.15, -0.1) is 0 Å². The van der Waals surface area contributed by atoms with Crippen LogP contribution in [-0.4, -0.2) is 121 Å². The van der Waals surface area contributed by atoms with Crippen molar-refractivity contribution in [3.63, 3.8) is 0 Å². The van der Waals surface area contributed by atoms with Gasteiger partial charge in [0.2, 0.25) is 23.6 Å². The molecule has 17 heteroatoms. The van der Waals surface area contributed by atoms with E-state index in [1.54, 1.807) is 0 Å². The van der Waals surface area contributed by atoms with Crippen molar-refractivity contribution in [1.82, 2.24) is 21.3 Å². The molecule has 0 aliphatic rings. The Hall–Kier alpha value is -4.94. The summed E-state index contributed by atoms with van der Waals surface area (Å²) in [6, 6.07) is 18.1. The van der Waals surface area contributed by atoms with Gasteiger partial charge in [-0.3, -0.25) is 24.0 Å². The van der Waals surface area contributed by atoms with Crippen LogP contribution in [0.5, 0.6) is 0 Å². The predicted molar refractivity (Wildman–Crippen MR) is 259 cm³/mol. The molecule has 0 saturated heterocycles. The smallest absolute Gasteiger partial charge is 0.328 e. The monoisotopic (exact) mass is 956 g/mol. The molecule has 0 bridgehead atoms. The van der Waals surface area contributed by atoms with Gasteiger partial charge in [0.1, 0.15) is 32.5 Å². The summed E-state index contributed by atoms with van der Waals surface area (Å²) in [5.41, 5.74) is 7.15. The van der Waals surface area contributed by atoms with Crippen LogP contribution in [0.2, 0.25) is 0 Å². The van der Waals surface area contributed by atoms with Crippen molar-refractivity contribution in [2.45, 2.75) is 135 Å². The van der Waals surface area contributed by atoms with Gasteiger partial charge in [0.05, 0.1) is 39.6 Å². The highest BCUT2D eigenvalue weighted by atomic mass is 16.5. The Balaban J connectivity index is 1.47. The number of carbonyl (C=O) groups excluding carboxylic acids is 6. The number of carbonyl (C=O) groups is 6. The molecule has 2 aromatic carbocycles. The van der Waals surface area contributed by atoms with Crippen molar-refractivity contribution in [2.24, 2.45) is 5.73 Å². The van der Waals surface area contributed by atoms with E-state index in [2.05, 4.69) is 21.3 Å². The third-order valence-corrected chi connectivity index (χ3v) is 10.6. The summed E-state index contributed by atoms with van der Waals surface area (Å²) in [5, 5.41) is 10.8. The largest absolute Gasteiger partial charge is 0.461 e. The minimum absolute atomic E-state index is 0.00630. The highest BCUT2D eigenvalue weighted by molar-refractivity contribution is 5.85. The van der Waals surface area contributed by atoms with Crippen LogP contribution < -0.4 is 27.0 Å². The Bertz CT molecular complexity index is 1620. The molecule has 0 unspecified atom stereocenters. The normalized spacial score (nSPS) is 11.4. The van der Waals surface area contributed by atoms with Crippen LogP contribution in [0.1, 0.15) is 127 Å². The SMILES string of the molecule is NCCNC(=O)COCCOCCNC(=O)COCCOCCNC(=O)CC[C@H](NC(=O)CCCCCCCCCCCCCCCCC(=O)OCc1ccccc1)C(=O)OCc1ccccc1. The molecule has 6 N–H and O–H groups in total. The van der Waals surface area contributed by atoms with E-state index in [4.69, 9.17) is 34.2 Å². The zero-order chi connectivity index (χ0) is 49.0. The summed E-state index contributed by atoms with van der Waals surface area (Å²) in [6.07, 6.45) is 16.4. The molecule has 1 atom stereocenters. The number of esters is 2. The molecule has 0 aromatic heterocycles. The minimum Gasteiger partial charge on any atom is -0.461 e. The first-order chi connectivity index (χ1) is 33.3. The first kappa shape index (κ1) is 59.2. The van der Waals surface area contributed by atoms with Gasteiger partial charge in [0.15, 0.2) is 0 Å². The fourth-order valence-electron chi connectivity index (χ4n) is 6.80. The van der Waals surface area contributed by atoms with Crippen molar-refractivity contribution in [1.29, 1.82) is 0 Å². The summed E-state index contributed by atoms with van der Waals surface area (Å²) in [4.78, 5) is 73.9. The van der Waals surface area contributed by atoms with E-state index in [1.807, 2.05) is 60.7 Å². The first-order valence-corrected chi connectivity index (χ1v) is 24.8. The molecule has 0 heterocycles. The van der Waals surface area contributed by atoms with Crippen LogP contribution in [-0.2, 0) is 70.4 Å². The standard InChI is InChI=1S/C51H81N5O12/c52-29-30-53-48(59)41-65-37-36-64-34-32-55-49(60)42-66-38-35-63-33-31-54-46(57)28-27-45(51(62)68-40-44-23-17-14-18-24-44)56-47(58)25-19-11-9-7-5-3-1-2-4-6-8-10-12-20-26-50(61)67-39-43-21-15-13-16-22-43/h13-18,21-24,45H,1-12,19-20,25-42,52H2,(H,53,59)(H,54,57)(H,55,60)(H,56,58)/t45-/m0/s1. The first-order valence-electron chi connectivity index (χ1n) is 24.8. The van der Waals surface area contributed by atoms with Gasteiger partial charge in [0.25, 0.3) is 0 Å². The maximum absolute atomic E-state index is 13.1. The maximum atomic E-state index is 13.1. The van der Waals surface area contributed by atoms with Crippen LogP contribution in [0.25, 0.3) is 0 Å². The predicted octanol–water partition coefficient (Wildman–Crippen LogP) is 5.35. The number of nitrogens with two attached hydrogens (primary N) is 1. The molecule has 0 spiro atoms. The van der Waals surface area contributed by atoms with E-state index < -0.39 is 12.0 Å². The van der Waals surface area contributed by atoms with Crippen LogP contribution in [0.15, 0.2) is 60.7 Å². The molecule has 2 aromatic rings. The number of nitrogens with one attached hydrogen (secondary N) is 4. The third-order valence-electron chi connectivity index (χ3n) is 10.6. The Morgan fingerprint density at radius 2 is 0.868 bits per heavy atom. The van der Waals surface area contributed by atoms with Crippen molar-refractivity contribution < 1.29 is 57.2 Å². The van der Waals surface area contributed by atoms with E-state index in [0.29, 0.717) is 39.1 Å². The molecule has 2 rings (SSSR count). The summed E-state index contributed by atoms with van der Waals surface area (Å²) >= 11 is 0.